The number of nitro groups is 1. The van der Waals surface area contributed by atoms with Gasteiger partial charge in [0, 0.05) is 28.3 Å². The van der Waals surface area contributed by atoms with Crippen LogP contribution in [-0.2, 0) is 4.79 Å². The molecule has 0 saturated carbocycles. The van der Waals surface area contributed by atoms with E-state index in [-0.39, 0.29) is 22.9 Å². The van der Waals surface area contributed by atoms with Crippen LogP contribution >= 0.6 is 11.8 Å². The van der Waals surface area contributed by atoms with Gasteiger partial charge in [0.1, 0.15) is 11.4 Å². The van der Waals surface area contributed by atoms with Gasteiger partial charge < -0.3 is 15.4 Å². The molecule has 41 heavy (non-hydrogen) atoms. The molecule has 0 saturated heterocycles. The second kappa shape index (κ2) is 13.7. The molecule has 0 unspecified atom stereocenters. The van der Waals surface area contributed by atoms with Crippen LogP contribution in [0.25, 0.3) is 6.08 Å². The third-order valence-corrected chi connectivity index (χ3v) is 6.81. The van der Waals surface area contributed by atoms with Crippen molar-refractivity contribution >= 4 is 46.8 Å². The van der Waals surface area contributed by atoms with Crippen molar-refractivity contribution in [3.63, 3.8) is 0 Å². The van der Waals surface area contributed by atoms with E-state index in [1.807, 2.05) is 6.07 Å². The highest BCUT2D eigenvalue weighted by molar-refractivity contribution is 8.00. The van der Waals surface area contributed by atoms with Crippen LogP contribution in [0.2, 0.25) is 0 Å². The van der Waals surface area contributed by atoms with Gasteiger partial charge in [0.05, 0.1) is 23.3 Å². The Bertz CT molecular complexity index is 1600. The van der Waals surface area contributed by atoms with Gasteiger partial charge in [0.15, 0.2) is 5.78 Å². The molecule has 0 aliphatic carbocycles. The molecule has 206 valence electrons. The minimum absolute atomic E-state index is 0.0582. The van der Waals surface area contributed by atoms with Crippen LogP contribution in [0.1, 0.15) is 26.3 Å². The zero-order valence-corrected chi connectivity index (χ0v) is 22.7. The third kappa shape index (κ3) is 7.90. The molecule has 10 heteroatoms. The topological polar surface area (TPSA) is 128 Å². The number of benzene rings is 4. The lowest BCUT2D eigenvalue weighted by atomic mass is 10.1. The zero-order valence-electron chi connectivity index (χ0n) is 21.9. The van der Waals surface area contributed by atoms with Crippen molar-refractivity contribution in [2.45, 2.75) is 4.90 Å². The number of nitrogens with zero attached hydrogens (tertiary/aromatic N) is 1. The van der Waals surface area contributed by atoms with E-state index in [1.165, 1.54) is 49.2 Å². The van der Waals surface area contributed by atoms with Gasteiger partial charge in [0.25, 0.3) is 17.5 Å². The summed E-state index contributed by atoms with van der Waals surface area (Å²) in [7, 11) is 1.51. The molecule has 4 aromatic rings. The number of ketones is 1. The van der Waals surface area contributed by atoms with Gasteiger partial charge in [-0.15, -0.1) is 11.8 Å². The standard InChI is InChI=1S/C31H25N3O6S/c1-40-29-13-6-5-12-26(29)28(35)20-41-25-11-7-10-23(19-25)32-31(37)27(33-30(36)22-8-3-2-4-9-22)18-21-14-16-24(17-15-21)34(38)39/h2-19H,20H2,1H3,(H,32,37)(H,33,36)/b27-18-. The van der Waals surface area contributed by atoms with E-state index in [0.717, 1.165) is 4.90 Å². The molecule has 2 amide bonds. The maximum atomic E-state index is 13.3. The first-order valence-corrected chi connectivity index (χ1v) is 13.4. The fraction of sp³-hybridized carbons (Fsp3) is 0.0645. The highest BCUT2D eigenvalue weighted by Crippen LogP contribution is 2.25. The number of anilines is 1. The number of Topliss-reactive ketones (excluding diaryl/α,β-unsaturated/α-hetero) is 1. The first kappa shape index (κ1) is 28.8. The number of non-ortho nitro benzene ring substituents is 1. The van der Waals surface area contributed by atoms with E-state index in [0.29, 0.717) is 28.1 Å². The molecule has 4 rings (SSSR count). The average Bonchev–Trinajstić information content (AvgIpc) is 3.00. The molecule has 0 spiro atoms. The summed E-state index contributed by atoms with van der Waals surface area (Å²) in [4.78, 5) is 50.1. The van der Waals surface area contributed by atoms with Crippen molar-refractivity contribution in [3.05, 3.63) is 136 Å². The van der Waals surface area contributed by atoms with Crippen molar-refractivity contribution in [1.82, 2.24) is 5.32 Å². The summed E-state index contributed by atoms with van der Waals surface area (Å²) in [5.41, 5.74) is 1.62. The van der Waals surface area contributed by atoms with Crippen LogP contribution in [0, 0.1) is 10.1 Å². The number of hydrogen-bond acceptors (Lipinski definition) is 7. The quantitative estimate of drug-likeness (QED) is 0.0749. The lowest BCUT2D eigenvalue weighted by molar-refractivity contribution is -0.384. The largest absolute Gasteiger partial charge is 0.496 e. The zero-order chi connectivity index (χ0) is 29.2. The van der Waals surface area contributed by atoms with Gasteiger partial charge in [0.2, 0.25) is 0 Å². The highest BCUT2D eigenvalue weighted by Gasteiger charge is 2.16. The fourth-order valence-corrected chi connectivity index (χ4v) is 4.60. The molecule has 4 aromatic carbocycles. The molecule has 0 radical (unpaired) electrons. The smallest absolute Gasteiger partial charge is 0.272 e. The van der Waals surface area contributed by atoms with E-state index in [4.69, 9.17) is 4.74 Å². The number of ether oxygens (including phenoxy) is 1. The van der Waals surface area contributed by atoms with Crippen LogP contribution in [-0.4, -0.2) is 35.4 Å². The molecule has 9 nitrogen and oxygen atoms in total. The van der Waals surface area contributed by atoms with Gasteiger partial charge in [-0.05, 0) is 66.2 Å². The van der Waals surface area contributed by atoms with Gasteiger partial charge in [-0.3, -0.25) is 24.5 Å². The number of para-hydroxylation sites is 1. The lowest BCUT2D eigenvalue weighted by Gasteiger charge is -2.12. The number of amides is 2. The summed E-state index contributed by atoms with van der Waals surface area (Å²) in [6, 6.07) is 28.0. The monoisotopic (exact) mass is 567 g/mol. The maximum absolute atomic E-state index is 13.3. The number of methoxy groups -OCH3 is 1. The Hall–Kier alpha value is -5.22. The molecule has 0 heterocycles. The van der Waals surface area contributed by atoms with E-state index in [1.54, 1.807) is 72.8 Å². The van der Waals surface area contributed by atoms with E-state index < -0.39 is 16.7 Å². The minimum atomic E-state index is -0.597. The second-order valence-electron chi connectivity index (χ2n) is 8.62. The molecule has 0 aliphatic heterocycles. The Balaban J connectivity index is 1.51. The summed E-state index contributed by atoms with van der Waals surface area (Å²) < 4.78 is 5.28. The summed E-state index contributed by atoms with van der Waals surface area (Å²) in [6.07, 6.45) is 1.43. The third-order valence-electron chi connectivity index (χ3n) is 5.81. The van der Waals surface area contributed by atoms with Crippen LogP contribution in [0.4, 0.5) is 11.4 Å². The van der Waals surface area contributed by atoms with E-state index in [9.17, 15) is 24.5 Å². The predicted octanol–water partition coefficient (Wildman–Crippen LogP) is 5.99. The fourth-order valence-electron chi connectivity index (χ4n) is 3.77. The van der Waals surface area contributed by atoms with Crippen molar-refractivity contribution in [2.24, 2.45) is 0 Å². The summed E-state index contributed by atoms with van der Waals surface area (Å²) in [5.74, 6) is -0.522. The lowest BCUT2D eigenvalue weighted by Crippen LogP contribution is -2.30. The SMILES string of the molecule is COc1ccccc1C(=O)CSc1cccc(NC(=O)/C(=C/c2ccc([N+](=O)[O-])cc2)NC(=O)c2ccccc2)c1. The first-order chi connectivity index (χ1) is 19.8. The number of thioether (sulfide) groups is 1. The first-order valence-electron chi connectivity index (χ1n) is 12.4. The Kier molecular flexibility index (Phi) is 9.63. The number of nitrogens with one attached hydrogen (secondary N) is 2. The number of hydrogen-bond donors (Lipinski definition) is 2. The maximum Gasteiger partial charge on any atom is 0.272 e. The Morgan fingerprint density at radius 2 is 1.61 bits per heavy atom. The van der Waals surface area contributed by atoms with E-state index >= 15 is 0 Å². The Labute approximate surface area is 240 Å². The highest BCUT2D eigenvalue weighted by atomic mass is 32.2. The average molecular weight is 568 g/mol. The molecule has 0 aliphatic rings. The molecule has 0 atom stereocenters. The summed E-state index contributed by atoms with van der Waals surface area (Å²) >= 11 is 1.31. The van der Waals surface area contributed by atoms with Crippen LogP contribution < -0.4 is 15.4 Å². The number of rotatable bonds is 11. The second-order valence-corrected chi connectivity index (χ2v) is 9.67. The van der Waals surface area contributed by atoms with Gasteiger partial charge in [-0.25, -0.2) is 0 Å². The molecule has 0 aromatic heterocycles. The molecule has 0 fully saturated rings. The van der Waals surface area contributed by atoms with Gasteiger partial charge in [-0.2, -0.15) is 0 Å². The molecular weight excluding hydrogens is 542 g/mol. The van der Waals surface area contributed by atoms with Crippen molar-refractivity contribution in [1.29, 1.82) is 0 Å². The Morgan fingerprint density at radius 3 is 2.32 bits per heavy atom. The Morgan fingerprint density at radius 1 is 0.902 bits per heavy atom. The van der Waals surface area contributed by atoms with E-state index in [2.05, 4.69) is 10.6 Å². The van der Waals surface area contributed by atoms with Crippen molar-refractivity contribution in [3.8, 4) is 5.75 Å². The molecule has 0 bridgehead atoms. The van der Waals surface area contributed by atoms with Gasteiger partial charge in [-0.1, -0.05) is 36.4 Å². The van der Waals surface area contributed by atoms with Crippen LogP contribution in [0.3, 0.4) is 0 Å². The molecule has 2 N–H and O–H groups in total. The van der Waals surface area contributed by atoms with Crippen LogP contribution in [0.15, 0.2) is 114 Å². The molecular formula is C31H25N3O6S. The predicted molar refractivity (Wildman–Crippen MR) is 158 cm³/mol. The summed E-state index contributed by atoms with van der Waals surface area (Å²) in [5, 5.41) is 16.4. The number of nitro benzene ring substituents is 1. The van der Waals surface area contributed by atoms with Crippen molar-refractivity contribution < 1.29 is 24.0 Å². The summed E-state index contributed by atoms with van der Waals surface area (Å²) in [6.45, 7) is 0. The number of carbonyl (C=O) groups excluding carboxylic acids is 3. The normalized spacial score (nSPS) is 10.9. The van der Waals surface area contributed by atoms with Crippen molar-refractivity contribution in [2.75, 3.05) is 18.2 Å². The van der Waals surface area contributed by atoms with Gasteiger partial charge >= 0.3 is 0 Å². The number of carbonyl (C=O) groups is 3. The minimum Gasteiger partial charge on any atom is -0.496 e. The van der Waals surface area contributed by atoms with Crippen LogP contribution in [0.5, 0.6) is 5.75 Å².